The van der Waals surface area contributed by atoms with Gasteiger partial charge in [0, 0.05) is 29.8 Å². The summed E-state index contributed by atoms with van der Waals surface area (Å²) in [5.74, 6) is -2.24. The van der Waals surface area contributed by atoms with Crippen LogP contribution in [0.25, 0.3) is 10.9 Å². The van der Waals surface area contributed by atoms with Crippen LogP contribution in [-0.2, 0) is 0 Å². The summed E-state index contributed by atoms with van der Waals surface area (Å²) >= 11 is 0. The standard InChI is InChI=1S/C23H21F5N2O3/c1-3-13(16-5-4-14(24)10-20(16)33-2)11-22(32,23(26,27)28)12-29-18-8-15(25)9-19-17(18)6-7-21(31)30-19/h4-10,12-13,32H,3,11H2,1-2H3,(H,30,31)/b29-12+. The van der Waals surface area contributed by atoms with Gasteiger partial charge < -0.3 is 14.8 Å². The van der Waals surface area contributed by atoms with Gasteiger partial charge >= 0.3 is 6.18 Å². The van der Waals surface area contributed by atoms with Crippen LogP contribution in [0.5, 0.6) is 5.75 Å². The summed E-state index contributed by atoms with van der Waals surface area (Å²) < 4.78 is 74.5. The van der Waals surface area contributed by atoms with Gasteiger partial charge in [0.2, 0.25) is 5.56 Å². The van der Waals surface area contributed by atoms with E-state index in [0.717, 1.165) is 30.3 Å². The number of nitrogens with one attached hydrogen (secondary N) is 1. The molecule has 1 aromatic heterocycles. The molecule has 0 aliphatic heterocycles. The van der Waals surface area contributed by atoms with Gasteiger partial charge in [0.15, 0.2) is 5.60 Å². The zero-order chi connectivity index (χ0) is 24.4. The first-order valence-corrected chi connectivity index (χ1v) is 9.97. The molecule has 3 aromatic rings. The number of halogens is 5. The predicted octanol–water partition coefficient (Wildman–Crippen LogP) is 5.39. The second kappa shape index (κ2) is 9.30. The number of aromatic nitrogens is 1. The summed E-state index contributed by atoms with van der Waals surface area (Å²) in [6.45, 7) is 1.62. The Morgan fingerprint density at radius 2 is 1.85 bits per heavy atom. The van der Waals surface area contributed by atoms with E-state index < -0.39 is 41.3 Å². The highest BCUT2D eigenvalue weighted by Gasteiger charge is 2.53. The van der Waals surface area contributed by atoms with Gasteiger partial charge in [-0.3, -0.25) is 9.79 Å². The molecule has 1 heterocycles. The number of ether oxygens (including phenoxy) is 1. The van der Waals surface area contributed by atoms with Crippen molar-refractivity contribution in [3.63, 3.8) is 0 Å². The highest BCUT2D eigenvalue weighted by Crippen LogP contribution is 2.41. The molecule has 2 aromatic carbocycles. The zero-order valence-corrected chi connectivity index (χ0v) is 17.7. The van der Waals surface area contributed by atoms with Crippen molar-refractivity contribution in [1.29, 1.82) is 0 Å². The van der Waals surface area contributed by atoms with Crippen molar-refractivity contribution in [2.24, 2.45) is 4.99 Å². The average Bonchev–Trinajstić information content (AvgIpc) is 2.74. The molecule has 10 heteroatoms. The molecule has 5 nitrogen and oxygen atoms in total. The average molecular weight is 468 g/mol. The Labute approximate surface area is 185 Å². The molecule has 33 heavy (non-hydrogen) atoms. The number of H-pyrrole nitrogens is 1. The first-order chi connectivity index (χ1) is 15.5. The zero-order valence-electron chi connectivity index (χ0n) is 17.7. The lowest BCUT2D eigenvalue weighted by Crippen LogP contribution is -2.47. The molecule has 0 amide bonds. The highest BCUT2D eigenvalue weighted by atomic mass is 19.4. The van der Waals surface area contributed by atoms with Gasteiger partial charge in [-0.2, -0.15) is 13.2 Å². The number of benzene rings is 2. The fourth-order valence-corrected chi connectivity index (χ4v) is 3.61. The van der Waals surface area contributed by atoms with Crippen LogP contribution in [0.3, 0.4) is 0 Å². The third-order valence-corrected chi connectivity index (χ3v) is 5.38. The predicted molar refractivity (Wildman–Crippen MR) is 114 cm³/mol. The minimum atomic E-state index is -5.12. The maximum atomic E-state index is 14.0. The first-order valence-electron chi connectivity index (χ1n) is 9.97. The summed E-state index contributed by atoms with van der Waals surface area (Å²) in [7, 11) is 1.27. The van der Waals surface area contributed by atoms with Crippen molar-refractivity contribution in [3.8, 4) is 5.75 Å². The monoisotopic (exact) mass is 468 g/mol. The van der Waals surface area contributed by atoms with Crippen molar-refractivity contribution < 1.29 is 31.8 Å². The number of methoxy groups -OCH3 is 1. The SMILES string of the molecule is CCC(CC(O)(/C=N/c1cc(F)cc2[nH]c(=O)ccc12)C(F)(F)F)c1ccc(F)cc1OC. The largest absolute Gasteiger partial charge is 0.496 e. The lowest BCUT2D eigenvalue weighted by Gasteiger charge is -2.31. The van der Waals surface area contributed by atoms with E-state index in [1.165, 1.54) is 19.2 Å². The molecule has 0 radical (unpaired) electrons. The Balaban J connectivity index is 2.05. The van der Waals surface area contributed by atoms with Crippen LogP contribution in [-0.4, -0.2) is 35.2 Å². The van der Waals surface area contributed by atoms with Crippen molar-refractivity contribution in [2.45, 2.75) is 37.5 Å². The van der Waals surface area contributed by atoms with Crippen LogP contribution < -0.4 is 10.3 Å². The quantitative estimate of drug-likeness (QED) is 0.361. The van der Waals surface area contributed by atoms with E-state index in [-0.39, 0.29) is 28.8 Å². The van der Waals surface area contributed by atoms with Gasteiger partial charge in [-0.25, -0.2) is 8.78 Å². The number of aliphatic imine (C=N–C) groups is 1. The summed E-state index contributed by atoms with van der Waals surface area (Å²) in [5.41, 5.74) is -3.75. The first kappa shape index (κ1) is 24.4. The Kier molecular flexibility index (Phi) is 6.87. The topological polar surface area (TPSA) is 74.7 Å². The van der Waals surface area contributed by atoms with Crippen LogP contribution in [0, 0.1) is 11.6 Å². The van der Waals surface area contributed by atoms with Crippen LogP contribution in [0.1, 0.15) is 31.2 Å². The second-order valence-electron chi connectivity index (χ2n) is 7.58. The maximum Gasteiger partial charge on any atom is 0.422 e. The minimum Gasteiger partial charge on any atom is -0.496 e. The molecule has 0 spiro atoms. The second-order valence-corrected chi connectivity index (χ2v) is 7.58. The van der Waals surface area contributed by atoms with Crippen LogP contribution >= 0.6 is 0 Å². The van der Waals surface area contributed by atoms with Crippen molar-refractivity contribution >= 4 is 22.8 Å². The fraction of sp³-hybridized carbons (Fsp3) is 0.304. The fourth-order valence-electron chi connectivity index (χ4n) is 3.61. The van der Waals surface area contributed by atoms with E-state index in [0.29, 0.717) is 11.8 Å². The lowest BCUT2D eigenvalue weighted by atomic mass is 9.84. The van der Waals surface area contributed by atoms with Gasteiger partial charge in [0.1, 0.15) is 17.4 Å². The van der Waals surface area contributed by atoms with E-state index in [1.807, 2.05) is 0 Å². The van der Waals surface area contributed by atoms with Gasteiger partial charge in [-0.05, 0) is 42.5 Å². The highest BCUT2D eigenvalue weighted by molar-refractivity contribution is 5.92. The molecule has 0 saturated carbocycles. The van der Waals surface area contributed by atoms with Crippen molar-refractivity contribution in [3.05, 3.63) is 70.0 Å². The van der Waals surface area contributed by atoms with Gasteiger partial charge in [-0.15, -0.1) is 0 Å². The Morgan fingerprint density at radius 3 is 2.48 bits per heavy atom. The number of hydrogen-bond acceptors (Lipinski definition) is 4. The molecular formula is C23H21F5N2O3. The molecular weight excluding hydrogens is 447 g/mol. The van der Waals surface area contributed by atoms with Gasteiger partial charge in [-0.1, -0.05) is 13.0 Å². The normalized spacial score (nSPS) is 15.0. The number of nitrogens with zero attached hydrogens (tertiary/aromatic N) is 1. The lowest BCUT2D eigenvalue weighted by molar-refractivity contribution is -0.232. The third-order valence-electron chi connectivity index (χ3n) is 5.38. The molecule has 0 fully saturated rings. The van der Waals surface area contributed by atoms with E-state index in [9.17, 15) is 31.9 Å². The molecule has 0 aliphatic rings. The van der Waals surface area contributed by atoms with Crippen molar-refractivity contribution in [2.75, 3.05) is 7.11 Å². The molecule has 0 bridgehead atoms. The van der Waals surface area contributed by atoms with Crippen LogP contribution in [0.15, 0.2) is 52.3 Å². The minimum absolute atomic E-state index is 0.0488. The number of fused-ring (bicyclic) bond motifs is 1. The van der Waals surface area contributed by atoms with E-state index >= 15 is 0 Å². The summed E-state index contributed by atoms with van der Waals surface area (Å²) in [5, 5.41) is 10.8. The Bertz CT molecular complexity index is 1240. The molecule has 2 atom stereocenters. The van der Waals surface area contributed by atoms with E-state index in [4.69, 9.17) is 4.74 Å². The smallest absolute Gasteiger partial charge is 0.422 e. The molecule has 0 saturated heterocycles. The number of aromatic amines is 1. The van der Waals surface area contributed by atoms with Gasteiger partial charge in [0.25, 0.3) is 0 Å². The molecule has 176 valence electrons. The number of pyridine rings is 1. The summed E-state index contributed by atoms with van der Waals surface area (Å²) in [6, 6.07) is 7.80. The summed E-state index contributed by atoms with van der Waals surface area (Å²) in [4.78, 5) is 17.6. The number of rotatable bonds is 7. The Morgan fingerprint density at radius 1 is 1.12 bits per heavy atom. The van der Waals surface area contributed by atoms with E-state index in [1.54, 1.807) is 6.92 Å². The summed E-state index contributed by atoms with van der Waals surface area (Å²) in [6.07, 6.45) is -5.44. The number of alkyl halides is 3. The van der Waals surface area contributed by atoms with Crippen LogP contribution in [0.2, 0.25) is 0 Å². The van der Waals surface area contributed by atoms with Gasteiger partial charge in [0.05, 0.1) is 18.3 Å². The third kappa shape index (κ3) is 5.22. The number of aliphatic hydroxyl groups is 1. The molecule has 0 aliphatic carbocycles. The molecule has 2 unspecified atom stereocenters. The van der Waals surface area contributed by atoms with E-state index in [2.05, 4.69) is 9.98 Å². The maximum absolute atomic E-state index is 14.0. The van der Waals surface area contributed by atoms with Crippen LogP contribution in [0.4, 0.5) is 27.6 Å². The Hall–Kier alpha value is -3.27. The number of hydrogen-bond donors (Lipinski definition) is 2. The molecule has 3 rings (SSSR count). The van der Waals surface area contributed by atoms with Crippen molar-refractivity contribution in [1.82, 2.24) is 4.98 Å². The molecule has 2 N–H and O–H groups in total.